The van der Waals surface area contributed by atoms with Gasteiger partial charge in [0, 0.05) is 5.69 Å². The Labute approximate surface area is 121 Å². The largest absolute Gasteiger partial charge is 0.416 e. The van der Waals surface area contributed by atoms with Crippen LogP contribution in [-0.2, 0) is 11.0 Å². The highest BCUT2D eigenvalue weighted by atomic mass is 32.1. The van der Waals surface area contributed by atoms with Crippen LogP contribution in [-0.4, -0.2) is 16.3 Å². The molecular weight excluding hydrogens is 287 g/mol. The molecule has 0 N–H and O–H groups in total. The molecule has 6 heteroatoms. The molecule has 1 rings (SSSR count). The van der Waals surface area contributed by atoms with E-state index in [4.69, 9.17) is 12.2 Å². The van der Waals surface area contributed by atoms with Crippen molar-refractivity contribution in [3.63, 3.8) is 0 Å². The summed E-state index contributed by atoms with van der Waals surface area (Å²) in [6.07, 6.45) is -4.38. The van der Waals surface area contributed by atoms with Gasteiger partial charge in [-0.05, 0) is 52.0 Å². The first-order valence-electron chi connectivity index (χ1n) is 5.97. The quantitative estimate of drug-likeness (QED) is 0.780. The van der Waals surface area contributed by atoms with Crippen molar-refractivity contribution >= 4 is 28.7 Å². The Morgan fingerprint density at radius 1 is 1.10 bits per heavy atom. The number of ketones is 1. The predicted molar refractivity (Wildman–Crippen MR) is 77.0 cm³/mol. The average molecular weight is 303 g/mol. The Hall–Kier alpha value is -1.43. The second kappa shape index (κ2) is 5.52. The molecule has 1 aromatic carbocycles. The lowest BCUT2D eigenvalue weighted by atomic mass is 9.96. The van der Waals surface area contributed by atoms with E-state index in [9.17, 15) is 18.0 Å². The number of anilines is 1. The standard InChI is InChI=1S/C14H16F3NOS/c1-9(19)13(3,4)18(10(2)20)12-7-5-11(6-8-12)14(15,16)17/h5-8H,1-4H3. The van der Waals surface area contributed by atoms with E-state index in [1.165, 1.54) is 19.1 Å². The molecule has 0 unspecified atom stereocenters. The Kier molecular flexibility index (Phi) is 4.59. The smallest absolute Gasteiger partial charge is 0.324 e. The van der Waals surface area contributed by atoms with Gasteiger partial charge in [-0.2, -0.15) is 13.2 Å². The molecule has 0 radical (unpaired) electrons. The third-order valence-corrected chi connectivity index (χ3v) is 3.37. The Balaban J connectivity index is 3.25. The van der Waals surface area contributed by atoms with Gasteiger partial charge in [0.1, 0.15) is 0 Å². The molecule has 1 aromatic rings. The SMILES string of the molecule is CC(=O)C(C)(C)N(C(C)=S)c1ccc(C(F)(F)F)cc1. The predicted octanol–water partition coefficient (Wildman–Crippen LogP) is 4.23. The minimum atomic E-state index is -4.38. The van der Waals surface area contributed by atoms with Gasteiger partial charge in [-0.15, -0.1) is 0 Å². The summed E-state index contributed by atoms with van der Waals surface area (Å²) < 4.78 is 37.6. The second-order valence-electron chi connectivity index (χ2n) is 5.01. The topological polar surface area (TPSA) is 20.3 Å². The van der Waals surface area contributed by atoms with Crippen molar-refractivity contribution in [3.8, 4) is 0 Å². The van der Waals surface area contributed by atoms with Gasteiger partial charge < -0.3 is 4.90 Å². The van der Waals surface area contributed by atoms with Crippen molar-refractivity contribution in [2.75, 3.05) is 4.90 Å². The number of rotatable bonds is 3. The molecule has 0 spiro atoms. The lowest BCUT2D eigenvalue weighted by Crippen LogP contribution is -2.51. The zero-order valence-electron chi connectivity index (χ0n) is 11.7. The number of halogens is 3. The summed E-state index contributed by atoms with van der Waals surface area (Å²) in [4.78, 5) is 13.7. The summed E-state index contributed by atoms with van der Waals surface area (Å²) in [5.41, 5.74) is -1.18. The summed E-state index contributed by atoms with van der Waals surface area (Å²) in [7, 11) is 0. The molecule has 0 aromatic heterocycles. The number of benzene rings is 1. The van der Waals surface area contributed by atoms with Crippen molar-refractivity contribution in [3.05, 3.63) is 29.8 Å². The minimum absolute atomic E-state index is 0.124. The molecule has 0 fully saturated rings. The highest BCUT2D eigenvalue weighted by molar-refractivity contribution is 7.80. The van der Waals surface area contributed by atoms with Crippen molar-refractivity contribution in [1.82, 2.24) is 0 Å². The number of alkyl halides is 3. The maximum Gasteiger partial charge on any atom is 0.416 e. The number of hydrogen-bond donors (Lipinski definition) is 0. The molecule has 110 valence electrons. The molecular formula is C14H16F3NOS. The fraction of sp³-hybridized carbons (Fsp3) is 0.429. The monoisotopic (exact) mass is 303 g/mol. The van der Waals surface area contributed by atoms with Crippen molar-refractivity contribution in [2.45, 2.75) is 39.4 Å². The normalized spacial score (nSPS) is 12.2. The van der Waals surface area contributed by atoms with E-state index in [2.05, 4.69) is 0 Å². The van der Waals surface area contributed by atoms with Gasteiger partial charge in [0.2, 0.25) is 0 Å². The Morgan fingerprint density at radius 3 is 1.85 bits per heavy atom. The van der Waals surface area contributed by atoms with Crippen LogP contribution in [0.25, 0.3) is 0 Å². The van der Waals surface area contributed by atoms with E-state index in [-0.39, 0.29) is 5.78 Å². The lowest BCUT2D eigenvalue weighted by Gasteiger charge is -2.37. The van der Waals surface area contributed by atoms with E-state index < -0.39 is 17.3 Å². The maximum atomic E-state index is 12.5. The van der Waals surface area contributed by atoms with Crippen molar-refractivity contribution in [2.24, 2.45) is 0 Å². The van der Waals surface area contributed by atoms with Crippen LogP contribution in [0.2, 0.25) is 0 Å². The highest BCUT2D eigenvalue weighted by Crippen LogP contribution is 2.32. The summed E-state index contributed by atoms with van der Waals surface area (Å²) in [6, 6.07) is 4.61. The first-order valence-corrected chi connectivity index (χ1v) is 6.38. The lowest BCUT2D eigenvalue weighted by molar-refractivity contribution is -0.137. The fourth-order valence-electron chi connectivity index (χ4n) is 1.86. The second-order valence-corrected chi connectivity index (χ2v) is 5.61. The number of nitrogens with zero attached hydrogens (tertiary/aromatic N) is 1. The Morgan fingerprint density at radius 2 is 1.55 bits per heavy atom. The molecule has 0 aliphatic heterocycles. The van der Waals surface area contributed by atoms with Crippen LogP contribution >= 0.6 is 12.2 Å². The van der Waals surface area contributed by atoms with Crippen LogP contribution in [0.4, 0.5) is 18.9 Å². The van der Waals surface area contributed by atoms with Crippen LogP contribution in [0.15, 0.2) is 24.3 Å². The third kappa shape index (κ3) is 3.36. The van der Waals surface area contributed by atoms with E-state index in [1.54, 1.807) is 25.7 Å². The number of carbonyl (C=O) groups excluding carboxylic acids is 1. The minimum Gasteiger partial charge on any atom is -0.324 e. The number of Topliss-reactive ketones (excluding diaryl/α,β-unsaturated/α-hetero) is 1. The molecule has 0 aliphatic rings. The molecule has 0 amide bonds. The number of carbonyl (C=O) groups is 1. The summed E-state index contributed by atoms with van der Waals surface area (Å²) in [5.74, 6) is -0.124. The molecule has 20 heavy (non-hydrogen) atoms. The van der Waals surface area contributed by atoms with Crippen LogP contribution < -0.4 is 4.90 Å². The average Bonchev–Trinajstić information content (AvgIpc) is 2.27. The van der Waals surface area contributed by atoms with E-state index in [0.717, 1.165) is 12.1 Å². The van der Waals surface area contributed by atoms with Crippen LogP contribution in [0.1, 0.15) is 33.3 Å². The molecule has 0 saturated heterocycles. The van der Waals surface area contributed by atoms with E-state index >= 15 is 0 Å². The molecule has 0 aliphatic carbocycles. The van der Waals surface area contributed by atoms with E-state index in [0.29, 0.717) is 10.7 Å². The Bertz CT molecular complexity index is 520. The van der Waals surface area contributed by atoms with E-state index in [1.807, 2.05) is 0 Å². The summed E-state index contributed by atoms with van der Waals surface area (Å²) in [6.45, 7) is 6.43. The van der Waals surface area contributed by atoms with Gasteiger partial charge in [0.15, 0.2) is 5.78 Å². The molecule has 0 atom stereocenters. The third-order valence-electron chi connectivity index (χ3n) is 3.19. The van der Waals surface area contributed by atoms with Gasteiger partial charge in [0.05, 0.1) is 16.1 Å². The molecule has 2 nitrogen and oxygen atoms in total. The van der Waals surface area contributed by atoms with Crippen LogP contribution in [0.3, 0.4) is 0 Å². The van der Waals surface area contributed by atoms with Crippen molar-refractivity contribution < 1.29 is 18.0 Å². The summed E-state index contributed by atoms with van der Waals surface area (Å²) >= 11 is 5.12. The summed E-state index contributed by atoms with van der Waals surface area (Å²) in [5, 5.41) is 0. The zero-order chi connectivity index (χ0) is 15.7. The van der Waals surface area contributed by atoms with Gasteiger partial charge in [-0.3, -0.25) is 4.79 Å². The number of thiocarbonyl (C=S) groups is 1. The molecule has 0 heterocycles. The van der Waals surface area contributed by atoms with Crippen LogP contribution in [0, 0.1) is 0 Å². The first-order chi connectivity index (χ1) is 8.98. The van der Waals surface area contributed by atoms with Gasteiger partial charge in [-0.25, -0.2) is 0 Å². The maximum absolute atomic E-state index is 12.5. The number of hydrogen-bond acceptors (Lipinski definition) is 2. The first kappa shape index (κ1) is 16.6. The van der Waals surface area contributed by atoms with Gasteiger partial charge >= 0.3 is 6.18 Å². The van der Waals surface area contributed by atoms with Crippen LogP contribution in [0.5, 0.6) is 0 Å². The molecule has 0 saturated carbocycles. The van der Waals surface area contributed by atoms with Gasteiger partial charge in [-0.1, -0.05) is 12.2 Å². The molecule has 0 bridgehead atoms. The van der Waals surface area contributed by atoms with Crippen molar-refractivity contribution in [1.29, 1.82) is 0 Å². The fourth-order valence-corrected chi connectivity index (χ4v) is 2.19. The highest BCUT2D eigenvalue weighted by Gasteiger charge is 2.34. The zero-order valence-corrected chi connectivity index (χ0v) is 12.5. The van der Waals surface area contributed by atoms with Gasteiger partial charge in [0.25, 0.3) is 0 Å².